The van der Waals surface area contributed by atoms with E-state index >= 15 is 0 Å². The molecule has 2 fully saturated rings. The molecular formula is C23H28ClN3O2. The van der Waals surface area contributed by atoms with Crippen molar-refractivity contribution in [1.82, 2.24) is 9.80 Å². The fourth-order valence-corrected chi connectivity index (χ4v) is 4.43. The zero-order chi connectivity index (χ0) is 19.5. The average molecular weight is 414 g/mol. The van der Waals surface area contributed by atoms with Gasteiger partial charge in [-0.1, -0.05) is 60.7 Å². The van der Waals surface area contributed by atoms with Crippen LogP contribution in [0.1, 0.15) is 42.3 Å². The minimum atomic E-state index is -0.560. The zero-order valence-corrected chi connectivity index (χ0v) is 17.3. The maximum Gasteiger partial charge on any atom is 0.250 e. The molecule has 6 heteroatoms. The third kappa shape index (κ3) is 4.46. The molecule has 2 amide bonds. The number of nitrogens with two attached hydrogens (primary N) is 1. The monoisotopic (exact) mass is 413 g/mol. The van der Waals surface area contributed by atoms with Crippen molar-refractivity contribution in [2.24, 2.45) is 5.73 Å². The molecule has 2 heterocycles. The van der Waals surface area contributed by atoms with Crippen LogP contribution in [0.4, 0.5) is 0 Å². The highest BCUT2D eigenvalue weighted by Gasteiger charge is 2.40. The number of hydrogen-bond acceptors (Lipinski definition) is 3. The van der Waals surface area contributed by atoms with Gasteiger partial charge in [-0.05, 0) is 24.0 Å². The Labute approximate surface area is 178 Å². The standard InChI is InChI=1S/C23H27N3O2.ClH/c24-20-16-25(15-19(20)17-9-3-1-4-10-17)23(28)22(18-11-5-2-6-12-18)26-14-8-7-13-21(26)27;/h1-6,9-12,19-20,22H,7-8,13-16,24H2;1H/t19-,20+,22?;/m0./s1. The molecule has 2 N–H and O–H groups in total. The summed E-state index contributed by atoms with van der Waals surface area (Å²) in [5, 5.41) is 0. The van der Waals surface area contributed by atoms with Crippen LogP contribution in [0.25, 0.3) is 0 Å². The lowest BCUT2D eigenvalue weighted by Gasteiger charge is -2.36. The summed E-state index contributed by atoms with van der Waals surface area (Å²) in [6.07, 6.45) is 2.35. The Morgan fingerprint density at radius 2 is 1.62 bits per heavy atom. The molecule has 0 saturated carbocycles. The summed E-state index contributed by atoms with van der Waals surface area (Å²) in [5.74, 6) is 0.172. The molecule has 3 atom stereocenters. The molecule has 2 aromatic rings. The fraction of sp³-hybridized carbons (Fsp3) is 0.391. The number of amides is 2. The number of nitrogens with zero attached hydrogens (tertiary/aromatic N) is 2. The predicted octanol–water partition coefficient (Wildman–Crippen LogP) is 3.12. The van der Waals surface area contributed by atoms with Gasteiger partial charge in [-0.2, -0.15) is 0 Å². The van der Waals surface area contributed by atoms with Gasteiger partial charge in [0.05, 0.1) is 0 Å². The first-order valence-corrected chi connectivity index (χ1v) is 10.1. The summed E-state index contributed by atoms with van der Waals surface area (Å²) >= 11 is 0. The molecule has 0 aromatic heterocycles. The van der Waals surface area contributed by atoms with E-state index in [1.165, 1.54) is 0 Å². The topological polar surface area (TPSA) is 66.6 Å². The highest BCUT2D eigenvalue weighted by Crippen LogP contribution is 2.32. The van der Waals surface area contributed by atoms with Gasteiger partial charge in [0.25, 0.3) is 0 Å². The Balaban J connectivity index is 0.00000240. The summed E-state index contributed by atoms with van der Waals surface area (Å²) in [4.78, 5) is 29.8. The molecule has 0 bridgehead atoms. The maximum atomic E-state index is 13.6. The molecule has 2 saturated heterocycles. The predicted molar refractivity (Wildman–Crippen MR) is 116 cm³/mol. The van der Waals surface area contributed by atoms with Crippen LogP contribution in [0.15, 0.2) is 60.7 Å². The van der Waals surface area contributed by atoms with Gasteiger partial charge in [-0.25, -0.2) is 0 Å². The Hall–Kier alpha value is -2.37. The second-order valence-electron chi connectivity index (χ2n) is 7.78. The van der Waals surface area contributed by atoms with Crippen molar-refractivity contribution < 1.29 is 9.59 Å². The van der Waals surface area contributed by atoms with E-state index < -0.39 is 6.04 Å². The number of rotatable bonds is 4. The minimum absolute atomic E-state index is 0. The molecule has 2 aromatic carbocycles. The van der Waals surface area contributed by atoms with Crippen molar-refractivity contribution in [2.45, 2.75) is 37.3 Å². The Kier molecular flexibility index (Phi) is 6.93. The van der Waals surface area contributed by atoms with Crippen molar-refractivity contribution in [1.29, 1.82) is 0 Å². The number of carbonyl (C=O) groups is 2. The molecular weight excluding hydrogens is 386 g/mol. The number of halogens is 1. The Bertz CT molecular complexity index is 831. The largest absolute Gasteiger partial charge is 0.338 e. The summed E-state index contributed by atoms with van der Waals surface area (Å²) in [5.41, 5.74) is 8.45. The molecule has 5 nitrogen and oxygen atoms in total. The maximum absolute atomic E-state index is 13.6. The second-order valence-corrected chi connectivity index (χ2v) is 7.78. The molecule has 29 heavy (non-hydrogen) atoms. The summed E-state index contributed by atoms with van der Waals surface area (Å²) in [6, 6.07) is 19.1. The van der Waals surface area contributed by atoms with Gasteiger partial charge in [-0.3, -0.25) is 9.59 Å². The van der Waals surface area contributed by atoms with Crippen molar-refractivity contribution >= 4 is 24.2 Å². The Morgan fingerprint density at radius 1 is 0.966 bits per heavy atom. The van der Waals surface area contributed by atoms with E-state index in [9.17, 15) is 9.59 Å². The van der Waals surface area contributed by atoms with E-state index in [4.69, 9.17) is 5.73 Å². The van der Waals surface area contributed by atoms with E-state index in [-0.39, 0.29) is 36.2 Å². The van der Waals surface area contributed by atoms with Gasteiger partial charge in [0.2, 0.25) is 11.8 Å². The van der Waals surface area contributed by atoms with E-state index in [0.29, 0.717) is 26.1 Å². The third-order valence-corrected chi connectivity index (χ3v) is 5.93. The number of likely N-dealkylation sites (tertiary alicyclic amines) is 2. The number of hydrogen-bond donors (Lipinski definition) is 1. The molecule has 2 aliphatic rings. The normalized spacial score (nSPS) is 22.9. The van der Waals surface area contributed by atoms with Crippen molar-refractivity contribution in [3.05, 3.63) is 71.8 Å². The highest BCUT2D eigenvalue weighted by molar-refractivity contribution is 5.89. The first-order valence-electron chi connectivity index (χ1n) is 10.1. The quantitative estimate of drug-likeness (QED) is 0.837. The van der Waals surface area contributed by atoms with Gasteiger partial charge >= 0.3 is 0 Å². The van der Waals surface area contributed by atoms with Gasteiger partial charge in [-0.15, -0.1) is 12.4 Å². The van der Waals surface area contributed by atoms with E-state index in [0.717, 1.165) is 24.0 Å². The summed E-state index contributed by atoms with van der Waals surface area (Å²) in [6.45, 7) is 1.74. The van der Waals surface area contributed by atoms with Crippen LogP contribution in [-0.4, -0.2) is 47.3 Å². The van der Waals surface area contributed by atoms with Crippen LogP contribution in [0, 0.1) is 0 Å². The van der Waals surface area contributed by atoms with E-state index in [1.807, 2.05) is 53.4 Å². The lowest BCUT2D eigenvalue weighted by Crippen LogP contribution is -2.47. The highest BCUT2D eigenvalue weighted by atomic mass is 35.5. The summed E-state index contributed by atoms with van der Waals surface area (Å²) in [7, 11) is 0. The molecule has 2 aliphatic heterocycles. The van der Waals surface area contributed by atoms with Gasteiger partial charge in [0, 0.05) is 38.0 Å². The van der Waals surface area contributed by atoms with E-state index in [1.54, 1.807) is 4.90 Å². The number of carbonyl (C=O) groups excluding carboxylic acids is 2. The van der Waals surface area contributed by atoms with Crippen LogP contribution < -0.4 is 5.73 Å². The van der Waals surface area contributed by atoms with E-state index in [2.05, 4.69) is 12.1 Å². The minimum Gasteiger partial charge on any atom is -0.338 e. The number of piperidine rings is 1. The van der Waals surface area contributed by atoms with Gasteiger partial charge in [0.15, 0.2) is 0 Å². The van der Waals surface area contributed by atoms with Gasteiger partial charge < -0.3 is 15.5 Å². The third-order valence-electron chi connectivity index (χ3n) is 5.93. The SMILES string of the molecule is Cl.N[C@@H]1CN(C(=O)C(c2ccccc2)N2CCCCC2=O)C[C@H]1c1ccccc1. The van der Waals surface area contributed by atoms with Crippen LogP contribution in [-0.2, 0) is 9.59 Å². The smallest absolute Gasteiger partial charge is 0.250 e. The lowest BCUT2D eigenvalue weighted by molar-refractivity contribution is -0.147. The van der Waals surface area contributed by atoms with Crippen LogP contribution >= 0.6 is 12.4 Å². The second kappa shape index (κ2) is 9.42. The lowest BCUT2D eigenvalue weighted by atomic mass is 9.95. The van der Waals surface area contributed by atoms with Crippen molar-refractivity contribution in [2.75, 3.05) is 19.6 Å². The number of benzene rings is 2. The first-order chi connectivity index (χ1) is 13.6. The van der Waals surface area contributed by atoms with Crippen LogP contribution in [0.5, 0.6) is 0 Å². The molecule has 154 valence electrons. The summed E-state index contributed by atoms with van der Waals surface area (Å²) < 4.78 is 0. The van der Waals surface area contributed by atoms with Crippen molar-refractivity contribution in [3.63, 3.8) is 0 Å². The van der Waals surface area contributed by atoms with Crippen molar-refractivity contribution in [3.8, 4) is 0 Å². The molecule has 1 unspecified atom stereocenters. The Morgan fingerprint density at radius 3 is 2.28 bits per heavy atom. The zero-order valence-electron chi connectivity index (χ0n) is 16.4. The molecule has 4 rings (SSSR count). The molecule has 0 spiro atoms. The first kappa shape index (κ1) is 21.3. The molecule has 0 aliphatic carbocycles. The van der Waals surface area contributed by atoms with Crippen LogP contribution in [0.3, 0.4) is 0 Å². The van der Waals surface area contributed by atoms with Gasteiger partial charge in [0.1, 0.15) is 6.04 Å². The molecule has 0 radical (unpaired) electrons. The fourth-order valence-electron chi connectivity index (χ4n) is 4.43. The van der Waals surface area contributed by atoms with Crippen LogP contribution in [0.2, 0.25) is 0 Å². The average Bonchev–Trinajstić information content (AvgIpc) is 3.13.